The molecule has 6 heteroatoms. The Kier molecular flexibility index (Phi) is 8.21. The number of rotatable bonds is 6. The number of carbonyl (C=O) groups is 2. The summed E-state index contributed by atoms with van der Waals surface area (Å²) in [5.74, 6) is -1.91. The molecule has 0 radical (unpaired) electrons. The quantitative estimate of drug-likeness (QED) is 0.537. The highest BCUT2D eigenvalue weighted by Gasteiger charge is 2.07. The minimum Gasteiger partial charge on any atom is -0.478 e. The van der Waals surface area contributed by atoms with Gasteiger partial charge in [0.05, 0.1) is 32.3 Å². The molecule has 0 aromatic heterocycles. The minimum atomic E-state index is -0.956. The van der Waals surface area contributed by atoms with Crippen molar-refractivity contribution in [2.75, 3.05) is 21.1 Å². The predicted octanol–water partition coefficient (Wildman–Crippen LogP) is 5.13. The van der Waals surface area contributed by atoms with Gasteiger partial charge < -0.3 is 14.7 Å². The van der Waals surface area contributed by atoms with Gasteiger partial charge in [0.25, 0.3) is 0 Å². The van der Waals surface area contributed by atoms with Gasteiger partial charge in [0.15, 0.2) is 0 Å². The number of nitrogens with zero attached hydrogens (tertiary/aromatic N) is 1. The second kappa shape index (κ2) is 10.6. The number of carboxylic acid groups (broad SMARTS) is 2. The van der Waals surface area contributed by atoms with Crippen molar-refractivity contribution in [2.45, 2.75) is 16.3 Å². The van der Waals surface area contributed by atoms with Gasteiger partial charge in [0, 0.05) is 15.4 Å². The molecule has 3 aromatic rings. The molecule has 3 rings (SSSR count). The SMILES string of the molecule is C[N+](C)(C)Cc1ccccc1.O=C(O)c1ccc(Sc2ccc(C(=O)O)cc2)cc1. The van der Waals surface area contributed by atoms with Crippen molar-refractivity contribution in [2.24, 2.45) is 0 Å². The summed E-state index contributed by atoms with van der Waals surface area (Å²) >= 11 is 1.44. The first-order chi connectivity index (χ1) is 14.1. The Labute approximate surface area is 181 Å². The lowest BCUT2D eigenvalue weighted by molar-refractivity contribution is -0.884. The molecule has 0 aliphatic rings. The van der Waals surface area contributed by atoms with Gasteiger partial charge in [-0.1, -0.05) is 42.1 Å². The molecule has 30 heavy (non-hydrogen) atoms. The summed E-state index contributed by atoms with van der Waals surface area (Å²) in [6.45, 7) is 1.10. The third-order valence-electron chi connectivity index (χ3n) is 3.94. The van der Waals surface area contributed by atoms with Crippen molar-refractivity contribution in [3.63, 3.8) is 0 Å². The lowest BCUT2D eigenvalue weighted by atomic mass is 10.2. The number of hydrogen-bond donors (Lipinski definition) is 2. The van der Waals surface area contributed by atoms with Gasteiger partial charge in [-0.2, -0.15) is 0 Å². The standard InChI is InChI=1S/C14H10O4S.C10H16N/c15-13(16)9-1-5-11(6-2-9)19-12-7-3-10(4-8-12)14(17)18;1-11(2,3)9-10-7-5-4-6-8-10/h1-8H,(H,15,16)(H,17,18);4-8H,9H2,1-3H3/q;+1. The van der Waals surface area contributed by atoms with Gasteiger partial charge in [-0.15, -0.1) is 0 Å². The van der Waals surface area contributed by atoms with E-state index in [4.69, 9.17) is 10.2 Å². The maximum absolute atomic E-state index is 10.7. The highest BCUT2D eigenvalue weighted by Crippen LogP contribution is 2.28. The first-order valence-electron chi connectivity index (χ1n) is 9.33. The zero-order chi connectivity index (χ0) is 22.1. The Hall–Kier alpha value is -3.09. The monoisotopic (exact) mass is 424 g/mol. The van der Waals surface area contributed by atoms with Gasteiger partial charge >= 0.3 is 11.9 Å². The first-order valence-corrected chi connectivity index (χ1v) is 10.1. The smallest absolute Gasteiger partial charge is 0.335 e. The molecule has 5 nitrogen and oxygen atoms in total. The molecule has 0 spiro atoms. The molecule has 156 valence electrons. The summed E-state index contributed by atoms with van der Waals surface area (Å²) < 4.78 is 0.990. The van der Waals surface area contributed by atoms with Gasteiger partial charge in [-0.3, -0.25) is 0 Å². The summed E-state index contributed by atoms with van der Waals surface area (Å²) in [5.41, 5.74) is 1.89. The Morgan fingerprint density at radius 1 is 0.700 bits per heavy atom. The molecule has 0 bridgehead atoms. The lowest BCUT2D eigenvalue weighted by Crippen LogP contribution is -2.33. The van der Waals surface area contributed by atoms with Crippen LogP contribution < -0.4 is 0 Å². The minimum absolute atomic E-state index is 0.241. The third-order valence-corrected chi connectivity index (χ3v) is 4.95. The fraction of sp³-hybridized carbons (Fsp3) is 0.167. The lowest BCUT2D eigenvalue weighted by Gasteiger charge is -2.23. The average molecular weight is 425 g/mol. The average Bonchev–Trinajstić information content (AvgIpc) is 2.69. The van der Waals surface area contributed by atoms with Crippen LogP contribution in [-0.4, -0.2) is 47.8 Å². The van der Waals surface area contributed by atoms with E-state index in [2.05, 4.69) is 51.5 Å². The molecule has 3 aromatic carbocycles. The number of carboxylic acids is 2. The van der Waals surface area contributed by atoms with Crippen LogP contribution in [0, 0.1) is 0 Å². The fourth-order valence-corrected chi connectivity index (χ4v) is 3.41. The highest BCUT2D eigenvalue weighted by molar-refractivity contribution is 7.99. The van der Waals surface area contributed by atoms with Gasteiger partial charge in [-0.25, -0.2) is 9.59 Å². The zero-order valence-corrected chi connectivity index (χ0v) is 18.1. The number of aromatic carboxylic acids is 2. The van der Waals surface area contributed by atoms with E-state index < -0.39 is 11.9 Å². The Balaban J connectivity index is 0.000000248. The van der Waals surface area contributed by atoms with Crippen LogP contribution >= 0.6 is 11.8 Å². The molecule has 2 N–H and O–H groups in total. The van der Waals surface area contributed by atoms with Crippen molar-refractivity contribution >= 4 is 23.7 Å². The second-order valence-corrected chi connectivity index (χ2v) is 8.84. The van der Waals surface area contributed by atoms with Crippen molar-refractivity contribution < 1.29 is 24.3 Å². The van der Waals surface area contributed by atoms with Crippen LogP contribution in [-0.2, 0) is 6.54 Å². The van der Waals surface area contributed by atoms with Crippen LogP contribution in [0.2, 0.25) is 0 Å². The van der Waals surface area contributed by atoms with Crippen LogP contribution in [0.5, 0.6) is 0 Å². The molecular formula is C24H26NO4S+. The molecule has 0 aliphatic heterocycles. The van der Waals surface area contributed by atoms with Gasteiger partial charge in [-0.05, 0) is 48.5 Å². The molecule has 0 aliphatic carbocycles. The number of benzene rings is 3. The van der Waals surface area contributed by atoms with Gasteiger partial charge in [0.2, 0.25) is 0 Å². The second-order valence-electron chi connectivity index (χ2n) is 7.70. The van der Waals surface area contributed by atoms with Gasteiger partial charge in [0.1, 0.15) is 6.54 Å². The Morgan fingerprint density at radius 3 is 1.43 bits per heavy atom. The van der Waals surface area contributed by atoms with E-state index >= 15 is 0 Å². The molecule has 0 fully saturated rings. The van der Waals surface area contributed by atoms with Crippen molar-refractivity contribution in [3.8, 4) is 0 Å². The predicted molar refractivity (Wildman–Crippen MR) is 119 cm³/mol. The van der Waals surface area contributed by atoms with Crippen LogP contribution in [0.4, 0.5) is 0 Å². The zero-order valence-electron chi connectivity index (χ0n) is 17.3. The summed E-state index contributed by atoms with van der Waals surface area (Å²) in [5, 5.41) is 17.6. The normalized spacial score (nSPS) is 10.6. The van der Waals surface area contributed by atoms with E-state index in [0.29, 0.717) is 0 Å². The molecule has 0 saturated carbocycles. The van der Waals surface area contributed by atoms with E-state index in [-0.39, 0.29) is 11.1 Å². The van der Waals surface area contributed by atoms with Crippen LogP contribution in [0.1, 0.15) is 26.3 Å². The maximum atomic E-state index is 10.7. The molecule has 0 heterocycles. The summed E-state index contributed by atoms with van der Waals surface area (Å²) in [6, 6.07) is 23.6. The maximum Gasteiger partial charge on any atom is 0.335 e. The molecule has 0 unspecified atom stereocenters. The number of hydrogen-bond acceptors (Lipinski definition) is 3. The largest absolute Gasteiger partial charge is 0.478 e. The Morgan fingerprint density at radius 2 is 1.10 bits per heavy atom. The van der Waals surface area contributed by atoms with E-state index in [1.54, 1.807) is 24.3 Å². The topological polar surface area (TPSA) is 74.6 Å². The number of quaternary nitrogens is 1. The van der Waals surface area contributed by atoms with Crippen LogP contribution in [0.15, 0.2) is 88.7 Å². The fourth-order valence-electron chi connectivity index (χ4n) is 2.60. The van der Waals surface area contributed by atoms with E-state index in [1.807, 2.05) is 0 Å². The van der Waals surface area contributed by atoms with Crippen molar-refractivity contribution in [3.05, 3.63) is 95.6 Å². The third kappa shape index (κ3) is 8.11. The van der Waals surface area contributed by atoms with Crippen LogP contribution in [0.25, 0.3) is 0 Å². The van der Waals surface area contributed by atoms with Crippen molar-refractivity contribution in [1.82, 2.24) is 0 Å². The molecule has 0 saturated heterocycles. The van der Waals surface area contributed by atoms with E-state index in [0.717, 1.165) is 20.8 Å². The van der Waals surface area contributed by atoms with E-state index in [1.165, 1.54) is 41.6 Å². The summed E-state index contributed by atoms with van der Waals surface area (Å²) in [7, 11) is 6.60. The first kappa shape index (κ1) is 23.2. The molecule has 0 amide bonds. The molecule has 0 atom stereocenters. The van der Waals surface area contributed by atoms with Crippen LogP contribution in [0.3, 0.4) is 0 Å². The summed E-state index contributed by atoms with van der Waals surface area (Å²) in [6.07, 6.45) is 0. The van der Waals surface area contributed by atoms with Crippen molar-refractivity contribution in [1.29, 1.82) is 0 Å². The molecular weight excluding hydrogens is 398 g/mol. The highest BCUT2D eigenvalue weighted by atomic mass is 32.2. The summed E-state index contributed by atoms with van der Waals surface area (Å²) in [4.78, 5) is 23.2. The van der Waals surface area contributed by atoms with E-state index in [9.17, 15) is 9.59 Å². The Bertz CT molecular complexity index is 907.